The van der Waals surface area contributed by atoms with Crippen molar-refractivity contribution >= 4 is 12.6 Å². The minimum atomic E-state index is 0.387. The molecule has 0 saturated carbocycles. The normalized spacial score (nSPS) is 15.7. The maximum atomic E-state index is 4.83. The van der Waals surface area contributed by atoms with Crippen molar-refractivity contribution in [2.24, 2.45) is 0 Å². The van der Waals surface area contributed by atoms with Gasteiger partial charge in [-0.2, -0.15) is 12.6 Å². The van der Waals surface area contributed by atoms with Crippen LogP contribution < -0.4 is 0 Å². The summed E-state index contributed by atoms with van der Waals surface area (Å²) in [6, 6.07) is 21.5. The third-order valence-electron chi connectivity index (χ3n) is 3.88. The van der Waals surface area contributed by atoms with Crippen molar-refractivity contribution in [1.29, 1.82) is 0 Å². The van der Waals surface area contributed by atoms with Gasteiger partial charge in [-0.15, -0.1) is 0 Å². The van der Waals surface area contributed by atoms with E-state index in [4.69, 9.17) is 12.6 Å². The summed E-state index contributed by atoms with van der Waals surface area (Å²) in [4.78, 5) is 0. The first kappa shape index (κ1) is 14.2. The quantitative estimate of drug-likeness (QED) is 0.702. The molecule has 0 heterocycles. The summed E-state index contributed by atoms with van der Waals surface area (Å²) in [6.45, 7) is 4.53. The Kier molecular flexibility index (Phi) is 5.09. The molecular formula is C18H22S. The van der Waals surface area contributed by atoms with E-state index in [1.165, 1.54) is 11.1 Å². The highest BCUT2D eigenvalue weighted by atomic mass is 32.1. The van der Waals surface area contributed by atoms with Crippen molar-refractivity contribution < 1.29 is 0 Å². The fourth-order valence-electron chi connectivity index (χ4n) is 2.74. The molecule has 0 amide bonds. The van der Waals surface area contributed by atoms with Crippen LogP contribution in [0.5, 0.6) is 0 Å². The summed E-state index contributed by atoms with van der Waals surface area (Å²) in [5.41, 5.74) is 2.78. The molecule has 0 saturated heterocycles. The molecule has 0 aliphatic heterocycles. The second-order valence-electron chi connectivity index (χ2n) is 5.11. The molecule has 1 heteroatoms. The molecule has 0 bridgehead atoms. The van der Waals surface area contributed by atoms with Crippen LogP contribution in [0.3, 0.4) is 0 Å². The van der Waals surface area contributed by atoms with E-state index in [0.717, 1.165) is 6.42 Å². The zero-order chi connectivity index (χ0) is 13.7. The van der Waals surface area contributed by atoms with Gasteiger partial charge in [0.05, 0.1) is 0 Å². The molecule has 0 fully saturated rings. The molecule has 100 valence electrons. The Morgan fingerprint density at radius 1 is 0.842 bits per heavy atom. The molecule has 19 heavy (non-hydrogen) atoms. The van der Waals surface area contributed by atoms with Crippen molar-refractivity contribution in [2.45, 2.75) is 37.4 Å². The minimum absolute atomic E-state index is 0.387. The molecule has 0 aliphatic rings. The predicted molar refractivity (Wildman–Crippen MR) is 87.1 cm³/mol. The molecular weight excluding hydrogens is 248 g/mol. The summed E-state index contributed by atoms with van der Waals surface area (Å²) in [5, 5.41) is 0.387. The van der Waals surface area contributed by atoms with Gasteiger partial charge >= 0.3 is 0 Å². The van der Waals surface area contributed by atoms with Gasteiger partial charge < -0.3 is 0 Å². The topological polar surface area (TPSA) is 0 Å². The van der Waals surface area contributed by atoms with Gasteiger partial charge in [-0.05, 0) is 23.5 Å². The van der Waals surface area contributed by atoms with E-state index in [9.17, 15) is 0 Å². The third kappa shape index (κ3) is 3.42. The molecule has 2 aromatic rings. The average Bonchev–Trinajstić information content (AvgIpc) is 2.49. The Hall–Kier alpha value is -1.21. The van der Waals surface area contributed by atoms with Crippen LogP contribution in [-0.4, -0.2) is 5.25 Å². The number of thiol groups is 1. The number of hydrogen-bond donors (Lipinski definition) is 1. The summed E-state index contributed by atoms with van der Waals surface area (Å²) in [6.07, 6.45) is 1.08. The van der Waals surface area contributed by atoms with Gasteiger partial charge in [-0.1, -0.05) is 74.5 Å². The molecule has 0 aliphatic carbocycles. The molecule has 2 aromatic carbocycles. The highest BCUT2D eigenvalue weighted by Gasteiger charge is 2.25. The Morgan fingerprint density at radius 2 is 1.32 bits per heavy atom. The first-order valence-corrected chi connectivity index (χ1v) is 7.53. The van der Waals surface area contributed by atoms with E-state index < -0.39 is 0 Å². The SMILES string of the molecule is CCC(S)C(c1ccccc1)C(C)c1ccccc1. The second kappa shape index (κ2) is 6.81. The zero-order valence-corrected chi connectivity index (χ0v) is 12.6. The Morgan fingerprint density at radius 3 is 1.79 bits per heavy atom. The maximum Gasteiger partial charge on any atom is 0.00886 e. The van der Waals surface area contributed by atoms with Crippen molar-refractivity contribution in [1.82, 2.24) is 0 Å². The van der Waals surface area contributed by atoms with Crippen molar-refractivity contribution in [3.8, 4) is 0 Å². The van der Waals surface area contributed by atoms with Crippen LogP contribution >= 0.6 is 12.6 Å². The monoisotopic (exact) mass is 270 g/mol. The van der Waals surface area contributed by atoms with Crippen LogP contribution in [0.2, 0.25) is 0 Å². The van der Waals surface area contributed by atoms with Gasteiger partial charge in [0.25, 0.3) is 0 Å². The highest BCUT2D eigenvalue weighted by Crippen LogP contribution is 2.38. The van der Waals surface area contributed by atoms with Gasteiger partial charge in [0.15, 0.2) is 0 Å². The van der Waals surface area contributed by atoms with Crippen molar-refractivity contribution in [3.63, 3.8) is 0 Å². The van der Waals surface area contributed by atoms with Gasteiger partial charge in [-0.25, -0.2) is 0 Å². The number of benzene rings is 2. The van der Waals surface area contributed by atoms with Gasteiger partial charge in [0.1, 0.15) is 0 Å². The Labute approximate surface area is 122 Å². The highest BCUT2D eigenvalue weighted by molar-refractivity contribution is 7.81. The second-order valence-corrected chi connectivity index (χ2v) is 5.77. The first-order chi connectivity index (χ1) is 9.24. The van der Waals surface area contributed by atoms with Gasteiger partial charge in [0.2, 0.25) is 0 Å². The molecule has 0 N–H and O–H groups in total. The molecule has 3 atom stereocenters. The zero-order valence-electron chi connectivity index (χ0n) is 11.7. The van der Waals surface area contributed by atoms with Crippen LogP contribution in [0.1, 0.15) is 43.2 Å². The lowest BCUT2D eigenvalue weighted by Gasteiger charge is -2.29. The van der Waals surface area contributed by atoms with Crippen LogP contribution in [0.4, 0.5) is 0 Å². The Balaban J connectivity index is 2.34. The standard InChI is InChI=1S/C18H22S/c1-3-17(19)18(16-12-8-5-9-13-16)14(2)15-10-6-4-7-11-15/h4-14,17-19H,3H2,1-2H3. The fraction of sp³-hybridized carbons (Fsp3) is 0.333. The largest absolute Gasteiger partial charge is 0.175 e. The maximum absolute atomic E-state index is 4.83. The van der Waals surface area contributed by atoms with Crippen molar-refractivity contribution in [3.05, 3.63) is 71.8 Å². The van der Waals surface area contributed by atoms with E-state index in [1.807, 2.05) is 0 Å². The summed E-state index contributed by atoms with van der Waals surface area (Å²) < 4.78 is 0. The third-order valence-corrected chi connectivity index (χ3v) is 4.57. The lowest BCUT2D eigenvalue weighted by molar-refractivity contribution is 0.543. The molecule has 0 spiro atoms. The Bertz CT molecular complexity index is 478. The minimum Gasteiger partial charge on any atom is -0.175 e. The summed E-state index contributed by atoms with van der Waals surface area (Å²) in [5.74, 6) is 0.933. The van der Waals surface area contributed by atoms with E-state index in [1.54, 1.807) is 0 Å². The van der Waals surface area contributed by atoms with Gasteiger partial charge in [0, 0.05) is 11.2 Å². The molecule has 0 nitrogen and oxygen atoms in total. The number of hydrogen-bond acceptors (Lipinski definition) is 1. The number of rotatable bonds is 5. The fourth-order valence-corrected chi connectivity index (χ4v) is 3.17. The van der Waals surface area contributed by atoms with E-state index >= 15 is 0 Å². The average molecular weight is 270 g/mol. The lowest BCUT2D eigenvalue weighted by atomic mass is 9.80. The summed E-state index contributed by atoms with van der Waals surface area (Å²) in [7, 11) is 0. The molecule has 0 aromatic heterocycles. The van der Waals surface area contributed by atoms with Crippen LogP contribution in [0, 0.1) is 0 Å². The molecule has 3 unspecified atom stereocenters. The van der Waals surface area contributed by atoms with Crippen LogP contribution in [0.15, 0.2) is 60.7 Å². The van der Waals surface area contributed by atoms with Crippen molar-refractivity contribution in [2.75, 3.05) is 0 Å². The first-order valence-electron chi connectivity index (χ1n) is 7.02. The molecule has 0 radical (unpaired) electrons. The van der Waals surface area contributed by atoms with E-state index in [0.29, 0.717) is 17.1 Å². The summed E-state index contributed by atoms with van der Waals surface area (Å²) >= 11 is 4.83. The van der Waals surface area contributed by atoms with E-state index in [2.05, 4.69) is 74.5 Å². The molecule has 2 rings (SSSR count). The predicted octanol–water partition coefficient (Wildman–Crippen LogP) is 5.28. The van der Waals surface area contributed by atoms with E-state index in [-0.39, 0.29) is 0 Å². The van der Waals surface area contributed by atoms with Gasteiger partial charge in [-0.3, -0.25) is 0 Å². The smallest absolute Gasteiger partial charge is 0.00886 e. The van der Waals surface area contributed by atoms with Crippen LogP contribution in [0.25, 0.3) is 0 Å². The van der Waals surface area contributed by atoms with Crippen LogP contribution in [-0.2, 0) is 0 Å². The lowest BCUT2D eigenvalue weighted by Crippen LogP contribution is -2.18.